The summed E-state index contributed by atoms with van der Waals surface area (Å²) in [7, 11) is 0. The van der Waals surface area contributed by atoms with Gasteiger partial charge in [0.1, 0.15) is 0 Å². The number of hydrogen-bond acceptors (Lipinski definition) is 2. The summed E-state index contributed by atoms with van der Waals surface area (Å²) in [6, 6.07) is 1.68. The zero-order valence-electron chi connectivity index (χ0n) is 10.1. The van der Waals surface area contributed by atoms with Crippen LogP contribution in [0.2, 0.25) is 0 Å². The molecule has 1 aliphatic carbocycles. The van der Waals surface area contributed by atoms with Gasteiger partial charge < -0.3 is 5.73 Å². The van der Waals surface area contributed by atoms with Crippen LogP contribution in [0.25, 0.3) is 0 Å². The molecular formula is C13H26N2. The van der Waals surface area contributed by atoms with Gasteiger partial charge in [0.15, 0.2) is 0 Å². The van der Waals surface area contributed by atoms with Crippen LogP contribution in [-0.4, -0.2) is 30.1 Å². The van der Waals surface area contributed by atoms with Crippen molar-refractivity contribution in [3.05, 3.63) is 0 Å². The first-order chi connectivity index (χ1) is 7.31. The summed E-state index contributed by atoms with van der Waals surface area (Å²) < 4.78 is 0. The van der Waals surface area contributed by atoms with Gasteiger partial charge in [-0.3, -0.25) is 4.90 Å². The van der Waals surface area contributed by atoms with Crippen LogP contribution >= 0.6 is 0 Å². The predicted molar refractivity (Wildman–Crippen MR) is 64.8 cm³/mol. The van der Waals surface area contributed by atoms with Crippen molar-refractivity contribution in [1.82, 2.24) is 4.90 Å². The number of nitrogens with zero attached hydrogens (tertiary/aromatic N) is 1. The van der Waals surface area contributed by atoms with Gasteiger partial charge in [0.05, 0.1) is 0 Å². The number of likely N-dealkylation sites (tertiary alicyclic amines) is 1. The van der Waals surface area contributed by atoms with E-state index in [0.717, 1.165) is 24.5 Å². The van der Waals surface area contributed by atoms with Crippen molar-refractivity contribution in [3.63, 3.8) is 0 Å². The lowest BCUT2D eigenvalue weighted by atomic mass is 9.87. The van der Waals surface area contributed by atoms with E-state index in [1.54, 1.807) is 0 Å². The van der Waals surface area contributed by atoms with E-state index in [1.165, 1.54) is 51.5 Å². The van der Waals surface area contributed by atoms with Crippen molar-refractivity contribution in [1.29, 1.82) is 0 Å². The lowest BCUT2D eigenvalue weighted by Gasteiger charge is -2.44. The lowest BCUT2D eigenvalue weighted by Crippen LogP contribution is -2.49. The predicted octanol–water partition coefficient (Wildman–Crippen LogP) is 2.38. The molecule has 2 unspecified atom stereocenters. The smallest absolute Gasteiger partial charge is 0.00982 e. The van der Waals surface area contributed by atoms with Gasteiger partial charge in [-0.1, -0.05) is 19.3 Å². The van der Waals surface area contributed by atoms with E-state index >= 15 is 0 Å². The Balaban J connectivity index is 1.92. The van der Waals surface area contributed by atoms with Crippen molar-refractivity contribution in [3.8, 4) is 0 Å². The van der Waals surface area contributed by atoms with Gasteiger partial charge in [-0.25, -0.2) is 0 Å². The van der Waals surface area contributed by atoms with Gasteiger partial charge in [0.2, 0.25) is 0 Å². The number of piperidine rings is 1. The standard InChI is InChI=1S/C13H26N2/c1-11-7-8-12(9-14)10-15(11)13-5-3-2-4-6-13/h11-13H,2-10,14H2,1H3. The van der Waals surface area contributed by atoms with Crippen LogP contribution in [0.3, 0.4) is 0 Å². The zero-order chi connectivity index (χ0) is 10.7. The molecule has 15 heavy (non-hydrogen) atoms. The van der Waals surface area contributed by atoms with Crippen LogP contribution in [0.4, 0.5) is 0 Å². The van der Waals surface area contributed by atoms with Crippen molar-refractivity contribution >= 4 is 0 Å². The molecule has 88 valence electrons. The van der Waals surface area contributed by atoms with Crippen molar-refractivity contribution < 1.29 is 0 Å². The number of rotatable bonds is 2. The highest BCUT2D eigenvalue weighted by molar-refractivity contribution is 4.85. The van der Waals surface area contributed by atoms with Gasteiger partial charge in [0.25, 0.3) is 0 Å². The minimum atomic E-state index is 0.767. The quantitative estimate of drug-likeness (QED) is 0.758. The lowest BCUT2D eigenvalue weighted by molar-refractivity contribution is 0.0555. The molecule has 1 heterocycles. The summed E-state index contributed by atoms with van der Waals surface area (Å²) in [6.45, 7) is 4.56. The highest BCUT2D eigenvalue weighted by Crippen LogP contribution is 2.29. The summed E-state index contributed by atoms with van der Waals surface area (Å²) in [6.07, 6.45) is 9.92. The maximum atomic E-state index is 5.81. The van der Waals surface area contributed by atoms with E-state index < -0.39 is 0 Å². The first-order valence-corrected chi connectivity index (χ1v) is 6.77. The summed E-state index contributed by atoms with van der Waals surface area (Å²) in [5.41, 5.74) is 5.81. The van der Waals surface area contributed by atoms with Gasteiger partial charge in [-0.15, -0.1) is 0 Å². The molecule has 0 aromatic rings. The van der Waals surface area contributed by atoms with Crippen LogP contribution in [-0.2, 0) is 0 Å². The Morgan fingerprint density at radius 1 is 1.07 bits per heavy atom. The fourth-order valence-corrected chi connectivity index (χ4v) is 3.33. The minimum Gasteiger partial charge on any atom is -0.330 e. The Labute approximate surface area is 94.2 Å². The fourth-order valence-electron chi connectivity index (χ4n) is 3.33. The zero-order valence-corrected chi connectivity index (χ0v) is 10.1. The number of nitrogens with two attached hydrogens (primary N) is 1. The second-order valence-corrected chi connectivity index (χ2v) is 5.52. The molecule has 0 spiro atoms. The largest absolute Gasteiger partial charge is 0.330 e. The van der Waals surface area contributed by atoms with Gasteiger partial charge in [-0.05, 0) is 45.1 Å². The Kier molecular flexibility index (Phi) is 4.04. The molecule has 2 aliphatic rings. The fraction of sp³-hybridized carbons (Fsp3) is 1.00. The molecule has 1 saturated carbocycles. The minimum absolute atomic E-state index is 0.767. The summed E-state index contributed by atoms with van der Waals surface area (Å²) in [5.74, 6) is 0.767. The normalized spacial score (nSPS) is 35.6. The van der Waals surface area contributed by atoms with Gasteiger partial charge >= 0.3 is 0 Å². The Morgan fingerprint density at radius 2 is 1.80 bits per heavy atom. The molecule has 2 rings (SSSR count). The summed E-state index contributed by atoms with van der Waals surface area (Å²) in [5, 5.41) is 0. The molecule has 0 aromatic heterocycles. The van der Waals surface area contributed by atoms with E-state index in [0.29, 0.717) is 0 Å². The second-order valence-electron chi connectivity index (χ2n) is 5.52. The van der Waals surface area contributed by atoms with Crippen LogP contribution in [0, 0.1) is 5.92 Å². The third-order valence-electron chi connectivity index (χ3n) is 4.40. The first-order valence-electron chi connectivity index (χ1n) is 6.77. The maximum Gasteiger partial charge on any atom is 0.00982 e. The van der Waals surface area contributed by atoms with E-state index in [9.17, 15) is 0 Å². The molecule has 0 aromatic carbocycles. The third-order valence-corrected chi connectivity index (χ3v) is 4.40. The van der Waals surface area contributed by atoms with Crippen molar-refractivity contribution in [2.45, 2.75) is 64.0 Å². The average molecular weight is 210 g/mol. The Hall–Kier alpha value is -0.0800. The van der Waals surface area contributed by atoms with Crippen molar-refractivity contribution in [2.24, 2.45) is 11.7 Å². The molecule has 0 amide bonds. The summed E-state index contributed by atoms with van der Waals surface area (Å²) >= 11 is 0. The van der Waals surface area contributed by atoms with E-state index in [1.807, 2.05) is 0 Å². The second kappa shape index (κ2) is 5.31. The molecule has 0 bridgehead atoms. The molecule has 0 radical (unpaired) electrons. The van der Waals surface area contributed by atoms with Gasteiger partial charge in [-0.2, -0.15) is 0 Å². The van der Waals surface area contributed by atoms with E-state index in [2.05, 4.69) is 11.8 Å². The Bertz CT molecular complexity index is 187. The monoisotopic (exact) mass is 210 g/mol. The SMILES string of the molecule is CC1CCC(CN)CN1C1CCCCC1. The molecule has 2 fully saturated rings. The van der Waals surface area contributed by atoms with E-state index in [4.69, 9.17) is 5.73 Å². The van der Waals surface area contributed by atoms with Gasteiger partial charge in [0, 0.05) is 18.6 Å². The average Bonchev–Trinajstić information content (AvgIpc) is 2.31. The molecule has 1 saturated heterocycles. The van der Waals surface area contributed by atoms with Crippen molar-refractivity contribution in [2.75, 3.05) is 13.1 Å². The number of hydrogen-bond donors (Lipinski definition) is 1. The molecule has 2 heteroatoms. The van der Waals surface area contributed by atoms with Crippen LogP contribution < -0.4 is 5.73 Å². The van der Waals surface area contributed by atoms with Crippen LogP contribution in [0.15, 0.2) is 0 Å². The van der Waals surface area contributed by atoms with E-state index in [-0.39, 0.29) is 0 Å². The molecule has 2 atom stereocenters. The Morgan fingerprint density at radius 3 is 2.47 bits per heavy atom. The molecule has 2 N–H and O–H groups in total. The van der Waals surface area contributed by atoms with Crippen LogP contribution in [0.5, 0.6) is 0 Å². The maximum absolute atomic E-state index is 5.81. The topological polar surface area (TPSA) is 29.3 Å². The highest BCUT2D eigenvalue weighted by Gasteiger charge is 2.30. The summed E-state index contributed by atoms with van der Waals surface area (Å²) in [4.78, 5) is 2.76. The first kappa shape index (κ1) is 11.4. The van der Waals surface area contributed by atoms with Crippen LogP contribution in [0.1, 0.15) is 51.9 Å². The molecule has 1 aliphatic heterocycles. The molecule has 2 nitrogen and oxygen atoms in total. The highest BCUT2D eigenvalue weighted by atomic mass is 15.2. The molecular weight excluding hydrogens is 184 g/mol. The third kappa shape index (κ3) is 2.73.